The quantitative estimate of drug-likeness (QED) is 0.0518. The fourth-order valence-electron chi connectivity index (χ4n) is 13.8. The Labute approximate surface area is 552 Å². The zero-order chi connectivity index (χ0) is 65.8. The number of aliphatic hydroxyl groups is 1. The molecule has 0 aromatic carbocycles. The second-order valence-electron chi connectivity index (χ2n) is 26.7. The standard InChI is InChI=1S/C26H36N6O2.C23H29N5O3.C23H31N5O/c1-18-4-6-20(7-5-18)23-14-22(21-8-9-25(27-15-21)31-10-12-34-13-11-31)24-16-28-26(30-32(23)24)29-19(2)17-33-3;1-14(13-31-3)26-23-25-12-22-20(18-8-17(15(2)29)10-24-11-18)9-21(28(22)27-23)16-4-6-19(30)7-5-16;1-15-5-8-18(9-6-15)21-11-20(19-10-7-16(2)24-12-19)22-13-25-23(27-28(21)22)26-17(3)14-29-4/h8-9,14-16,18-20H,4-7,10-13,17H2,1-3H3,(H,29,30);8-12,14,16,19,30H,4-7,13H2,1-3H3,(H,26,27);7,10-13,15,17-18H,5-6,8-9,14H2,1-4H3,(H,26,27)/t18?,19-,20?;14-,16?,19?;15?,17-,18?/m000/s1. The predicted molar refractivity (Wildman–Crippen MR) is 369 cm³/mol. The van der Waals surface area contributed by atoms with Gasteiger partial charge in [0, 0.05) is 157 Å². The highest BCUT2D eigenvalue weighted by molar-refractivity contribution is 5.95. The Hall–Kier alpha value is -8.02. The molecule has 0 spiro atoms. The summed E-state index contributed by atoms with van der Waals surface area (Å²) in [7, 11) is 5.08. The van der Waals surface area contributed by atoms with Crippen LogP contribution in [0.2, 0.25) is 0 Å². The summed E-state index contributed by atoms with van der Waals surface area (Å²) in [6, 6.07) is 17.5. The van der Waals surface area contributed by atoms with E-state index in [4.69, 9.17) is 39.2 Å². The van der Waals surface area contributed by atoms with Crippen molar-refractivity contribution < 1.29 is 28.8 Å². The molecule has 3 aliphatic carbocycles. The van der Waals surface area contributed by atoms with E-state index in [9.17, 15) is 9.90 Å². The number of fused-ring (bicyclic) bond motifs is 3. The lowest BCUT2D eigenvalue weighted by Gasteiger charge is -2.27. The van der Waals surface area contributed by atoms with Gasteiger partial charge in [0.2, 0.25) is 17.8 Å². The van der Waals surface area contributed by atoms with Gasteiger partial charge in [-0.05, 0) is 140 Å². The van der Waals surface area contributed by atoms with E-state index >= 15 is 0 Å². The van der Waals surface area contributed by atoms with Gasteiger partial charge in [0.05, 0.1) is 74.3 Å². The van der Waals surface area contributed by atoms with Gasteiger partial charge in [0.1, 0.15) is 5.82 Å². The number of methoxy groups -OCH3 is 3. The van der Waals surface area contributed by atoms with E-state index in [0.717, 1.165) is 131 Å². The largest absolute Gasteiger partial charge is 0.393 e. The topological polar surface area (TPSA) is 243 Å². The number of hydrogen-bond acceptors (Lipinski definition) is 19. The minimum absolute atomic E-state index is 0.0192. The van der Waals surface area contributed by atoms with Crippen molar-refractivity contribution in [2.45, 2.75) is 167 Å². The highest BCUT2D eigenvalue weighted by Gasteiger charge is 2.29. The second-order valence-corrected chi connectivity index (χ2v) is 26.7. The number of pyridine rings is 3. The van der Waals surface area contributed by atoms with Gasteiger partial charge in [-0.25, -0.2) is 33.5 Å². The Balaban J connectivity index is 0.000000144. The van der Waals surface area contributed by atoms with Crippen molar-refractivity contribution in [3.63, 3.8) is 0 Å². The molecule has 4 aliphatic rings. The molecule has 4 N–H and O–H groups in total. The van der Waals surface area contributed by atoms with Crippen molar-refractivity contribution in [2.75, 3.05) is 88.3 Å². The van der Waals surface area contributed by atoms with Crippen LogP contribution in [0.4, 0.5) is 23.7 Å². The lowest BCUT2D eigenvalue weighted by molar-refractivity contribution is 0.101. The van der Waals surface area contributed by atoms with Gasteiger partial charge in [-0.3, -0.25) is 14.8 Å². The van der Waals surface area contributed by atoms with Gasteiger partial charge in [0.25, 0.3) is 0 Å². The summed E-state index contributed by atoms with van der Waals surface area (Å²) in [6.45, 7) is 19.5. The van der Waals surface area contributed by atoms with Crippen LogP contribution in [0.5, 0.6) is 0 Å². The summed E-state index contributed by atoms with van der Waals surface area (Å²) in [5.41, 5.74) is 14.5. The van der Waals surface area contributed by atoms with Crippen LogP contribution in [-0.2, 0) is 18.9 Å². The molecule has 0 bridgehead atoms. The minimum Gasteiger partial charge on any atom is -0.393 e. The van der Waals surface area contributed by atoms with Gasteiger partial charge < -0.3 is 44.9 Å². The number of aliphatic hydroxyl groups excluding tert-OH is 1. The molecule has 0 unspecified atom stereocenters. The van der Waals surface area contributed by atoms with Gasteiger partial charge in [-0.15, -0.1) is 15.3 Å². The van der Waals surface area contributed by atoms with Crippen LogP contribution >= 0.6 is 0 Å². The molecule has 3 saturated carbocycles. The highest BCUT2D eigenvalue weighted by atomic mass is 16.5. The lowest BCUT2D eigenvalue weighted by atomic mass is 9.81. The van der Waals surface area contributed by atoms with E-state index in [2.05, 4.69) is 125 Å². The maximum atomic E-state index is 11.9. The van der Waals surface area contributed by atoms with Crippen molar-refractivity contribution in [1.82, 2.24) is 58.7 Å². The first-order valence-corrected chi connectivity index (χ1v) is 33.9. The van der Waals surface area contributed by atoms with Gasteiger partial charge >= 0.3 is 0 Å². The average molecular weight is 1280 g/mol. The van der Waals surface area contributed by atoms with Crippen LogP contribution in [0.3, 0.4) is 0 Å². The van der Waals surface area contributed by atoms with Crippen molar-refractivity contribution in [1.29, 1.82) is 0 Å². The van der Waals surface area contributed by atoms with E-state index in [1.807, 2.05) is 55.4 Å². The van der Waals surface area contributed by atoms with E-state index in [-0.39, 0.29) is 30.0 Å². The smallest absolute Gasteiger partial charge is 0.241 e. The van der Waals surface area contributed by atoms with Crippen LogP contribution in [0.15, 0.2) is 91.9 Å². The maximum absolute atomic E-state index is 11.9. The Morgan fingerprint density at radius 3 is 1.34 bits per heavy atom. The molecule has 1 saturated heterocycles. The molecule has 94 heavy (non-hydrogen) atoms. The van der Waals surface area contributed by atoms with E-state index in [1.54, 1.807) is 40.6 Å². The van der Waals surface area contributed by atoms with E-state index in [1.165, 1.54) is 62.8 Å². The number of morpholine rings is 1. The molecule has 500 valence electrons. The molecule has 10 heterocycles. The maximum Gasteiger partial charge on any atom is 0.241 e. The number of nitrogens with zero attached hydrogens (tertiary/aromatic N) is 13. The van der Waals surface area contributed by atoms with Crippen LogP contribution in [0.1, 0.15) is 169 Å². The predicted octanol–water partition coefficient (Wildman–Crippen LogP) is 12.7. The third-order valence-corrected chi connectivity index (χ3v) is 19.1. The molecule has 3 atom stereocenters. The lowest BCUT2D eigenvalue weighted by Crippen LogP contribution is -2.36. The fourth-order valence-corrected chi connectivity index (χ4v) is 13.8. The molecular formula is C72H96N16O6. The van der Waals surface area contributed by atoms with Crippen LogP contribution in [0.25, 0.3) is 49.9 Å². The van der Waals surface area contributed by atoms with E-state index in [0.29, 0.717) is 61.0 Å². The number of carbonyl (C=O) groups is 1. The van der Waals surface area contributed by atoms with E-state index < -0.39 is 0 Å². The number of carbonyl (C=O) groups excluding carboxylic acids is 1. The summed E-state index contributed by atoms with van der Waals surface area (Å²) in [5.74, 6) is 5.76. The number of rotatable bonds is 20. The van der Waals surface area contributed by atoms with Crippen molar-refractivity contribution in [2.24, 2.45) is 11.8 Å². The summed E-state index contributed by atoms with van der Waals surface area (Å²) in [5, 5.41) is 34.5. The first-order valence-electron chi connectivity index (χ1n) is 33.9. The number of aryl methyl sites for hydroxylation is 1. The fraction of sp³-hybridized carbons (Fsp3) is 0.528. The molecule has 9 aromatic heterocycles. The van der Waals surface area contributed by atoms with Crippen LogP contribution < -0.4 is 20.9 Å². The van der Waals surface area contributed by atoms with Crippen molar-refractivity contribution >= 4 is 46.0 Å². The molecule has 0 amide bonds. The minimum atomic E-state index is -0.222. The molecule has 1 aliphatic heterocycles. The second kappa shape index (κ2) is 31.5. The average Bonchev–Trinajstić information content (AvgIpc) is 1.64. The third kappa shape index (κ3) is 16.4. The van der Waals surface area contributed by atoms with Gasteiger partial charge in [0.15, 0.2) is 5.78 Å². The SMILES string of the molecule is COC[C@H](C)Nc1ncc2c(-c3ccc(C)nc3)cc(C3CCC(C)CC3)n2n1.COC[C@H](C)Nc1ncc2c(-c3ccc(N4CCOCC4)nc3)cc(C3CCC(C)CC3)n2n1.COC[C@H](C)Nc1ncc2c(-c3cncc(C(C)=O)c3)cc(C3CCC(O)CC3)n2n1. The van der Waals surface area contributed by atoms with Crippen LogP contribution in [0, 0.1) is 18.8 Å². The Bertz CT molecular complexity index is 3920. The monoisotopic (exact) mass is 1280 g/mol. The molecule has 22 heteroatoms. The first kappa shape index (κ1) is 67.4. The summed E-state index contributed by atoms with van der Waals surface area (Å²) >= 11 is 0. The molecule has 13 rings (SSSR count). The molecule has 22 nitrogen and oxygen atoms in total. The number of anilines is 4. The Morgan fingerprint density at radius 1 is 0.532 bits per heavy atom. The van der Waals surface area contributed by atoms with Crippen molar-refractivity contribution in [3.05, 3.63) is 120 Å². The molecule has 4 fully saturated rings. The summed E-state index contributed by atoms with van der Waals surface area (Å²) < 4.78 is 27.3. The zero-order valence-electron chi connectivity index (χ0n) is 56.6. The number of ether oxygens (including phenoxy) is 4. The van der Waals surface area contributed by atoms with Gasteiger partial charge in [-0.1, -0.05) is 45.6 Å². The Kier molecular flexibility index (Phi) is 22.6. The normalized spacial score (nSPS) is 21.0. The number of aromatic nitrogens is 12. The van der Waals surface area contributed by atoms with Crippen molar-refractivity contribution in [3.8, 4) is 33.4 Å². The summed E-state index contributed by atoms with van der Waals surface area (Å²) in [6.07, 6.45) is 26.1. The number of ketones is 1. The Morgan fingerprint density at radius 2 is 0.947 bits per heavy atom. The highest BCUT2D eigenvalue weighted by Crippen LogP contribution is 2.42. The zero-order valence-corrected chi connectivity index (χ0v) is 56.6. The number of nitrogens with one attached hydrogen (secondary N) is 3. The first-order chi connectivity index (χ1) is 45.6. The third-order valence-electron chi connectivity index (χ3n) is 19.1. The molecular weight excluding hydrogens is 1180 g/mol. The molecule has 0 radical (unpaired) electrons. The number of hydrogen-bond donors (Lipinski definition) is 4. The van der Waals surface area contributed by atoms with Gasteiger partial charge in [-0.2, -0.15) is 0 Å². The van der Waals surface area contributed by atoms with Crippen LogP contribution in [-0.4, -0.2) is 161 Å². The number of Topliss-reactive ketones (excluding diaryl/α,β-unsaturated/α-hetero) is 1. The summed E-state index contributed by atoms with van der Waals surface area (Å²) in [4.78, 5) is 41.4. The molecule has 9 aromatic rings.